The number of nitrogens with one attached hydrogen (secondary N) is 3. The van der Waals surface area contributed by atoms with Crippen LogP contribution < -0.4 is 33.2 Å². The minimum atomic E-state index is 0.714. The Labute approximate surface area is 131 Å². The molecule has 0 aliphatic rings. The van der Waals surface area contributed by atoms with Gasteiger partial charge in [0.05, 0.1) is 0 Å². The molecule has 0 aromatic rings. The summed E-state index contributed by atoms with van der Waals surface area (Å²) in [7, 11) is 0. The van der Waals surface area contributed by atoms with Crippen LogP contribution in [0.4, 0.5) is 0 Å². The molecule has 0 saturated carbocycles. The zero-order valence-electron chi connectivity index (χ0n) is 14.2. The van der Waals surface area contributed by atoms with Gasteiger partial charge < -0.3 is 33.2 Å². The molecule has 7 nitrogen and oxygen atoms in total. The molecular weight excluding hydrogens is 266 g/mol. The lowest BCUT2D eigenvalue weighted by Gasteiger charge is -2.20. The average molecular weight is 306 g/mol. The Kier molecular flexibility index (Phi) is 24.1. The smallest absolute Gasteiger partial charge is 0.0108 e. The lowest BCUT2D eigenvalue weighted by atomic mass is 10.4. The highest BCUT2D eigenvalue weighted by Gasteiger charge is 2.00. The number of likely N-dealkylation sites (N-methyl/N-ethyl adjacent to an activating group) is 2. The van der Waals surface area contributed by atoms with Gasteiger partial charge in [-0.3, -0.25) is 4.90 Å². The molecule has 0 aromatic carbocycles. The second kappa shape index (κ2) is 22.0. The van der Waals surface area contributed by atoms with Crippen molar-refractivity contribution in [2.75, 3.05) is 78.5 Å². The minimum absolute atomic E-state index is 0.714. The van der Waals surface area contributed by atoms with Crippen LogP contribution in [0.3, 0.4) is 0 Å². The van der Waals surface area contributed by atoms with Gasteiger partial charge in [-0.15, -0.1) is 0 Å². The van der Waals surface area contributed by atoms with Crippen molar-refractivity contribution in [3.63, 3.8) is 0 Å². The molecule has 0 radical (unpaired) electrons. The zero-order valence-corrected chi connectivity index (χ0v) is 14.2. The molecule has 0 spiro atoms. The van der Waals surface area contributed by atoms with Crippen molar-refractivity contribution < 1.29 is 0 Å². The molecule has 130 valence electrons. The molecule has 21 heavy (non-hydrogen) atoms. The average Bonchev–Trinajstić information content (AvgIpc) is 2.49. The van der Waals surface area contributed by atoms with Crippen LogP contribution in [0.2, 0.25) is 0 Å². The van der Waals surface area contributed by atoms with E-state index < -0.39 is 0 Å². The van der Waals surface area contributed by atoms with Crippen molar-refractivity contribution in [2.24, 2.45) is 17.2 Å². The molecule has 0 aromatic heterocycles. The van der Waals surface area contributed by atoms with Crippen molar-refractivity contribution >= 4 is 0 Å². The third kappa shape index (κ3) is 22.1. The lowest BCUT2D eigenvalue weighted by molar-refractivity contribution is 0.289. The molecule has 0 amide bonds. The molecule has 0 rings (SSSR count). The predicted molar refractivity (Wildman–Crippen MR) is 93.6 cm³/mol. The van der Waals surface area contributed by atoms with Crippen LogP contribution in [-0.4, -0.2) is 83.4 Å². The Balaban J connectivity index is 0. The highest BCUT2D eigenvalue weighted by Crippen LogP contribution is 1.83. The summed E-state index contributed by atoms with van der Waals surface area (Å²) in [4.78, 5) is 2.28. The number of rotatable bonds is 14. The summed E-state index contributed by atoms with van der Waals surface area (Å²) in [5.41, 5.74) is 16.2. The molecular formula is C14H39N7. The van der Waals surface area contributed by atoms with E-state index >= 15 is 0 Å². The van der Waals surface area contributed by atoms with Gasteiger partial charge in [0.2, 0.25) is 0 Å². The van der Waals surface area contributed by atoms with E-state index in [1.807, 2.05) is 0 Å². The number of nitrogens with zero attached hydrogens (tertiary/aromatic N) is 1. The van der Waals surface area contributed by atoms with E-state index in [2.05, 4.69) is 34.7 Å². The summed E-state index contributed by atoms with van der Waals surface area (Å²) >= 11 is 0. The fourth-order valence-corrected chi connectivity index (χ4v) is 1.70. The molecule has 9 N–H and O–H groups in total. The maximum absolute atomic E-state index is 5.46. The SMILES string of the molecule is CCNCCN(CCN)CCN.CCNCCNCCN. The summed E-state index contributed by atoms with van der Waals surface area (Å²) in [6.45, 7) is 15.4. The van der Waals surface area contributed by atoms with Gasteiger partial charge in [-0.05, 0) is 13.1 Å². The van der Waals surface area contributed by atoms with Crippen molar-refractivity contribution in [1.29, 1.82) is 0 Å². The van der Waals surface area contributed by atoms with E-state index in [4.69, 9.17) is 17.2 Å². The third-order valence-corrected chi connectivity index (χ3v) is 2.80. The lowest BCUT2D eigenvalue weighted by Crippen LogP contribution is -2.38. The summed E-state index contributed by atoms with van der Waals surface area (Å²) < 4.78 is 0. The molecule has 0 aliphatic heterocycles. The van der Waals surface area contributed by atoms with Crippen LogP contribution in [0.15, 0.2) is 0 Å². The molecule has 0 saturated heterocycles. The standard InChI is InChI=1S/C8H22N4.C6H17N3/c1-2-11-5-8-12(6-3-9)7-4-10;1-2-8-5-6-9-4-3-7/h11H,2-10H2,1H3;8-9H,2-7H2,1H3. The van der Waals surface area contributed by atoms with Crippen LogP contribution in [0.1, 0.15) is 13.8 Å². The molecule has 0 heterocycles. The number of hydrogen-bond acceptors (Lipinski definition) is 7. The second-order valence-electron chi connectivity index (χ2n) is 4.66. The van der Waals surface area contributed by atoms with E-state index in [1.54, 1.807) is 0 Å². The second-order valence-corrected chi connectivity index (χ2v) is 4.66. The van der Waals surface area contributed by atoms with Crippen LogP contribution in [-0.2, 0) is 0 Å². The Morgan fingerprint density at radius 3 is 1.62 bits per heavy atom. The Morgan fingerprint density at radius 2 is 1.14 bits per heavy atom. The van der Waals surface area contributed by atoms with E-state index in [-0.39, 0.29) is 0 Å². The van der Waals surface area contributed by atoms with Crippen molar-refractivity contribution in [1.82, 2.24) is 20.9 Å². The Hall–Kier alpha value is -0.280. The van der Waals surface area contributed by atoms with Crippen LogP contribution in [0.25, 0.3) is 0 Å². The van der Waals surface area contributed by atoms with Crippen LogP contribution in [0.5, 0.6) is 0 Å². The van der Waals surface area contributed by atoms with E-state index in [0.717, 1.165) is 65.4 Å². The fourth-order valence-electron chi connectivity index (χ4n) is 1.70. The normalized spacial score (nSPS) is 10.6. The van der Waals surface area contributed by atoms with E-state index in [1.165, 1.54) is 0 Å². The number of hydrogen-bond donors (Lipinski definition) is 6. The van der Waals surface area contributed by atoms with E-state index in [9.17, 15) is 0 Å². The van der Waals surface area contributed by atoms with Gasteiger partial charge >= 0.3 is 0 Å². The predicted octanol–water partition coefficient (Wildman–Crippen LogP) is -2.04. The largest absolute Gasteiger partial charge is 0.329 e. The minimum Gasteiger partial charge on any atom is -0.329 e. The van der Waals surface area contributed by atoms with Crippen LogP contribution >= 0.6 is 0 Å². The summed E-state index contributed by atoms with van der Waals surface area (Å²) in [6.07, 6.45) is 0. The number of nitrogens with two attached hydrogens (primary N) is 3. The van der Waals surface area contributed by atoms with Gasteiger partial charge in [0.25, 0.3) is 0 Å². The monoisotopic (exact) mass is 305 g/mol. The highest BCUT2D eigenvalue weighted by atomic mass is 15.1. The molecule has 7 heteroatoms. The molecule has 0 unspecified atom stereocenters. The van der Waals surface area contributed by atoms with Gasteiger partial charge in [-0.25, -0.2) is 0 Å². The maximum Gasteiger partial charge on any atom is 0.0108 e. The van der Waals surface area contributed by atoms with Crippen molar-refractivity contribution in [3.05, 3.63) is 0 Å². The molecule has 0 fully saturated rings. The Morgan fingerprint density at radius 1 is 0.619 bits per heavy atom. The first-order valence-corrected chi connectivity index (χ1v) is 8.21. The summed E-state index contributed by atoms with van der Waals surface area (Å²) in [5.74, 6) is 0. The summed E-state index contributed by atoms with van der Waals surface area (Å²) in [6, 6.07) is 0. The molecule has 0 bridgehead atoms. The quantitative estimate of drug-likeness (QED) is 0.205. The first kappa shape index (κ1) is 23.0. The topological polar surface area (TPSA) is 117 Å². The van der Waals surface area contributed by atoms with Gasteiger partial charge in [-0.1, -0.05) is 13.8 Å². The summed E-state index contributed by atoms with van der Waals surface area (Å²) in [5, 5.41) is 9.66. The molecule has 0 atom stereocenters. The highest BCUT2D eigenvalue weighted by molar-refractivity contribution is 4.60. The van der Waals surface area contributed by atoms with E-state index in [0.29, 0.717) is 13.1 Å². The maximum atomic E-state index is 5.46. The van der Waals surface area contributed by atoms with Gasteiger partial charge in [0.1, 0.15) is 0 Å². The van der Waals surface area contributed by atoms with Crippen LogP contribution in [0, 0.1) is 0 Å². The third-order valence-electron chi connectivity index (χ3n) is 2.80. The van der Waals surface area contributed by atoms with Gasteiger partial charge in [0, 0.05) is 65.4 Å². The van der Waals surface area contributed by atoms with Crippen molar-refractivity contribution in [3.8, 4) is 0 Å². The fraction of sp³-hybridized carbons (Fsp3) is 1.00. The van der Waals surface area contributed by atoms with Gasteiger partial charge in [0.15, 0.2) is 0 Å². The first-order valence-electron chi connectivity index (χ1n) is 8.21. The van der Waals surface area contributed by atoms with Gasteiger partial charge in [-0.2, -0.15) is 0 Å². The first-order chi connectivity index (χ1) is 10.3. The van der Waals surface area contributed by atoms with Crippen molar-refractivity contribution in [2.45, 2.75) is 13.8 Å². The molecule has 0 aliphatic carbocycles. The zero-order chi connectivity index (χ0) is 16.2. The Bertz CT molecular complexity index is 157.